The molecule has 3 rings (SSSR count). The molecule has 0 aliphatic carbocycles. The van der Waals surface area contributed by atoms with Gasteiger partial charge in [-0.15, -0.1) is 34.0 Å². The SMILES string of the molecule is CCCNC(c1cc2sccc2s1)c1sc(C)cc1C. The molecule has 3 aromatic rings. The number of hydrogen-bond donors (Lipinski definition) is 1. The fourth-order valence-corrected chi connectivity index (χ4v) is 5.89. The predicted octanol–water partition coefficient (Wildman–Crippen LogP) is 5.73. The Morgan fingerprint density at radius 2 is 2.00 bits per heavy atom. The van der Waals surface area contributed by atoms with Crippen LogP contribution in [0.3, 0.4) is 0 Å². The van der Waals surface area contributed by atoms with Crippen molar-refractivity contribution in [2.75, 3.05) is 6.54 Å². The van der Waals surface area contributed by atoms with Gasteiger partial charge in [-0.1, -0.05) is 6.92 Å². The molecular weight excluding hydrogens is 302 g/mol. The van der Waals surface area contributed by atoms with Gasteiger partial charge in [-0.25, -0.2) is 0 Å². The van der Waals surface area contributed by atoms with Gasteiger partial charge in [0.2, 0.25) is 0 Å². The first-order valence-corrected chi connectivity index (χ1v) is 9.47. The molecule has 0 spiro atoms. The third-order valence-corrected chi connectivity index (χ3v) is 6.76. The van der Waals surface area contributed by atoms with Crippen LogP contribution in [0.4, 0.5) is 0 Å². The molecule has 0 bridgehead atoms. The van der Waals surface area contributed by atoms with Crippen molar-refractivity contribution in [1.82, 2.24) is 5.32 Å². The van der Waals surface area contributed by atoms with E-state index in [-0.39, 0.29) is 0 Å². The van der Waals surface area contributed by atoms with Crippen LogP contribution in [0, 0.1) is 13.8 Å². The molecular formula is C16H19NS3. The van der Waals surface area contributed by atoms with E-state index in [0.29, 0.717) is 6.04 Å². The highest BCUT2D eigenvalue weighted by Gasteiger charge is 2.20. The summed E-state index contributed by atoms with van der Waals surface area (Å²) in [6.45, 7) is 7.72. The maximum atomic E-state index is 3.73. The minimum absolute atomic E-state index is 0.359. The quantitative estimate of drug-likeness (QED) is 0.633. The first-order valence-electron chi connectivity index (χ1n) is 6.96. The van der Waals surface area contributed by atoms with Gasteiger partial charge in [-0.05, 0) is 56.0 Å². The van der Waals surface area contributed by atoms with E-state index in [4.69, 9.17) is 0 Å². The van der Waals surface area contributed by atoms with Crippen molar-refractivity contribution in [3.05, 3.63) is 43.8 Å². The third-order valence-electron chi connectivity index (χ3n) is 3.38. The third kappa shape index (κ3) is 2.70. The van der Waals surface area contributed by atoms with E-state index in [9.17, 15) is 0 Å². The topological polar surface area (TPSA) is 12.0 Å². The summed E-state index contributed by atoms with van der Waals surface area (Å²) < 4.78 is 2.83. The van der Waals surface area contributed by atoms with Crippen LogP contribution in [0.25, 0.3) is 9.40 Å². The van der Waals surface area contributed by atoms with Crippen molar-refractivity contribution in [1.29, 1.82) is 0 Å². The highest BCUT2D eigenvalue weighted by Crippen LogP contribution is 2.39. The lowest BCUT2D eigenvalue weighted by Crippen LogP contribution is -2.22. The van der Waals surface area contributed by atoms with Crippen LogP contribution in [0.15, 0.2) is 23.6 Å². The minimum atomic E-state index is 0.359. The summed E-state index contributed by atoms with van der Waals surface area (Å²) in [6, 6.07) is 7.26. The fourth-order valence-electron chi connectivity index (χ4n) is 2.48. The molecule has 20 heavy (non-hydrogen) atoms. The van der Waals surface area contributed by atoms with Gasteiger partial charge in [0.1, 0.15) is 0 Å². The Kier molecular flexibility index (Phi) is 4.26. The van der Waals surface area contributed by atoms with Crippen LogP contribution >= 0.6 is 34.0 Å². The van der Waals surface area contributed by atoms with Crippen molar-refractivity contribution in [3.8, 4) is 0 Å². The van der Waals surface area contributed by atoms with E-state index in [1.807, 2.05) is 34.0 Å². The van der Waals surface area contributed by atoms with E-state index in [2.05, 4.69) is 49.7 Å². The summed E-state index contributed by atoms with van der Waals surface area (Å²) >= 11 is 5.70. The number of nitrogens with one attached hydrogen (secondary N) is 1. The van der Waals surface area contributed by atoms with E-state index >= 15 is 0 Å². The molecule has 0 aliphatic heterocycles. The molecule has 1 nitrogen and oxygen atoms in total. The molecule has 1 atom stereocenters. The molecule has 0 radical (unpaired) electrons. The lowest BCUT2D eigenvalue weighted by Gasteiger charge is -2.17. The lowest BCUT2D eigenvalue weighted by molar-refractivity contribution is 0.611. The number of thiophene rings is 3. The Bertz CT molecular complexity index is 676. The summed E-state index contributed by atoms with van der Waals surface area (Å²) in [4.78, 5) is 4.33. The molecule has 1 N–H and O–H groups in total. The molecule has 1 unspecified atom stereocenters. The fraction of sp³-hybridized carbons (Fsp3) is 0.375. The van der Waals surface area contributed by atoms with Crippen LogP contribution in [0.2, 0.25) is 0 Å². The lowest BCUT2D eigenvalue weighted by atomic mass is 10.1. The number of fused-ring (bicyclic) bond motifs is 1. The van der Waals surface area contributed by atoms with Crippen LogP contribution in [0.5, 0.6) is 0 Å². The summed E-state index contributed by atoms with van der Waals surface area (Å²) in [5.74, 6) is 0. The molecule has 0 fully saturated rings. The van der Waals surface area contributed by atoms with Crippen molar-refractivity contribution >= 4 is 43.4 Å². The number of rotatable bonds is 5. The van der Waals surface area contributed by atoms with E-state index in [0.717, 1.165) is 6.54 Å². The Morgan fingerprint density at radius 1 is 1.15 bits per heavy atom. The normalized spacial score (nSPS) is 13.2. The molecule has 106 valence electrons. The van der Waals surface area contributed by atoms with Crippen molar-refractivity contribution in [3.63, 3.8) is 0 Å². The standard InChI is InChI=1S/C16H19NS3/c1-4-6-17-15(16-10(2)8-11(3)19-16)14-9-13-12(20-14)5-7-18-13/h5,7-9,15,17H,4,6H2,1-3H3. The number of hydrogen-bond acceptors (Lipinski definition) is 4. The monoisotopic (exact) mass is 321 g/mol. The van der Waals surface area contributed by atoms with Gasteiger partial charge in [0.05, 0.1) is 6.04 Å². The molecule has 0 aromatic carbocycles. The first-order chi connectivity index (χ1) is 9.69. The Hall–Kier alpha value is -0.680. The minimum Gasteiger partial charge on any atom is -0.305 e. The van der Waals surface area contributed by atoms with Gasteiger partial charge in [-0.3, -0.25) is 0 Å². The summed E-state index contributed by atoms with van der Waals surface area (Å²) in [6.07, 6.45) is 1.17. The summed E-state index contributed by atoms with van der Waals surface area (Å²) in [7, 11) is 0. The Morgan fingerprint density at radius 3 is 2.65 bits per heavy atom. The van der Waals surface area contributed by atoms with Crippen molar-refractivity contribution in [2.45, 2.75) is 33.2 Å². The second-order valence-electron chi connectivity index (χ2n) is 5.09. The zero-order chi connectivity index (χ0) is 14.1. The van der Waals surface area contributed by atoms with E-state index in [1.54, 1.807) is 0 Å². The maximum Gasteiger partial charge on any atom is 0.0768 e. The smallest absolute Gasteiger partial charge is 0.0768 e. The number of aryl methyl sites for hydroxylation is 2. The predicted molar refractivity (Wildman–Crippen MR) is 93.6 cm³/mol. The maximum absolute atomic E-state index is 3.73. The highest BCUT2D eigenvalue weighted by atomic mass is 32.1. The van der Waals surface area contributed by atoms with Crippen molar-refractivity contribution in [2.24, 2.45) is 0 Å². The first kappa shape index (κ1) is 14.3. The molecule has 0 amide bonds. The van der Waals surface area contributed by atoms with Gasteiger partial charge in [0.25, 0.3) is 0 Å². The van der Waals surface area contributed by atoms with Crippen LogP contribution in [-0.4, -0.2) is 6.54 Å². The molecule has 0 saturated carbocycles. The second-order valence-corrected chi connectivity index (χ2v) is 8.44. The second kappa shape index (κ2) is 5.98. The van der Waals surface area contributed by atoms with E-state index < -0.39 is 0 Å². The zero-order valence-corrected chi connectivity index (χ0v) is 14.5. The van der Waals surface area contributed by atoms with Gasteiger partial charge in [-0.2, -0.15) is 0 Å². The van der Waals surface area contributed by atoms with E-state index in [1.165, 1.54) is 36.0 Å². The van der Waals surface area contributed by atoms with Gasteiger partial charge >= 0.3 is 0 Å². The average Bonchev–Trinajstić information content (AvgIpc) is 3.05. The zero-order valence-electron chi connectivity index (χ0n) is 12.0. The Labute approximate surface area is 132 Å². The largest absolute Gasteiger partial charge is 0.305 e. The van der Waals surface area contributed by atoms with Gasteiger partial charge in [0.15, 0.2) is 0 Å². The van der Waals surface area contributed by atoms with Gasteiger partial charge < -0.3 is 5.32 Å². The molecule has 0 aliphatic rings. The highest BCUT2D eigenvalue weighted by molar-refractivity contribution is 7.27. The summed E-state index contributed by atoms with van der Waals surface area (Å²) in [5.41, 5.74) is 1.41. The van der Waals surface area contributed by atoms with Crippen LogP contribution in [0.1, 0.15) is 39.6 Å². The summed E-state index contributed by atoms with van der Waals surface area (Å²) in [5, 5.41) is 5.91. The van der Waals surface area contributed by atoms with Gasteiger partial charge in [0, 0.05) is 24.0 Å². The Balaban J connectivity index is 2.01. The van der Waals surface area contributed by atoms with Crippen molar-refractivity contribution < 1.29 is 0 Å². The molecule has 0 saturated heterocycles. The van der Waals surface area contributed by atoms with Crippen LogP contribution < -0.4 is 5.32 Å². The molecule has 3 aromatic heterocycles. The average molecular weight is 322 g/mol. The molecule has 3 heterocycles. The molecule has 4 heteroatoms. The van der Waals surface area contributed by atoms with Crippen LogP contribution in [-0.2, 0) is 0 Å².